The molecule has 0 heterocycles. The van der Waals surface area contributed by atoms with E-state index in [4.69, 9.17) is 4.74 Å². The number of phenolic OH excluding ortho intramolecular Hbond substituents is 1. The van der Waals surface area contributed by atoms with Gasteiger partial charge in [-0.2, -0.15) is 0 Å². The van der Waals surface area contributed by atoms with Crippen molar-refractivity contribution in [3.8, 4) is 11.5 Å². The van der Waals surface area contributed by atoms with E-state index in [1.54, 1.807) is 6.92 Å². The molecule has 0 fully saturated rings. The summed E-state index contributed by atoms with van der Waals surface area (Å²) in [5.74, 6) is -1.43. The van der Waals surface area contributed by atoms with E-state index in [0.29, 0.717) is 6.29 Å². The summed E-state index contributed by atoms with van der Waals surface area (Å²) in [5.41, 5.74) is -0.0863. The fraction of sp³-hybridized carbons (Fsp3) is 0.385. The van der Waals surface area contributed by atoms with Gasteiger partial charge in [-0.1, -0.05) is 0 Å². The van der Waals surface area contributed by atoms with Crippen LogP contribution in [0.3, 0.4) is 0 Å². The second kappa shape index (κ2) is 6.88. The number of aliphatic hydroxyl groups excluding tert-OH is 2. The number of aldehydes is 1. The molecule has 0 aliphatic rings. The number of phenols is 1. The molecule has 7 heteroatoms. The number of ether oxygens (including phenoxy) is 2. The van der Waals surface area contributed by atoms with Gasteiger partial charge in [-0.3, -0.25) is 4.79 Å². The number of hydrogen-bond acceptors (Lipinski definition) is 7. The number of benzene rings is 1. The fourth-order valence-corrected chi connectivity index (χ4v) is 1.61. The van der Waals surface area contributed by atoms with E-state index in [1.165, 1.54) is 13.2 Å². The SMILES string of the molecule is CCOC(=O)C(O)C(O)c1cc(C=O)c(O)c(OC)c1. The standard InChI is InChI=1S/C13H16O7/c1-3-20-13(18)12(17)11(16)7-4-8(6-14)10(15)9(5-7)19-2/h4-6,11-12,15-17H,3H2,1-2H3. The van der Waals surface area contributed by atoms with Crippen LogP contribution in [0.1, 0.15) is 28.9 Å². The average Bonchev–Trinajstić information content (AvgIpc) is 2.46. The van der Waals surface area contributed by atoms with Crippen LogP contribution in [-0.4, -0.2) is 47.4 Å². The normalized spacial score (nSPS) is 13.4. The van der Waals surface area contributed by atoms with E-state index in [0.717, 1.165) is 6.07 Å². The first-order chi connectivity index (χ1) is 9.46. The summed E-state index contributed by atoms with van der Waals surface area (Å²) in [4.78, 5) is 22.2. The lowest BCUT2D eigenvalue weighted by molar-refractivity contribution is -0.159. The quantitative estimate of drug-likeness (QED) is 0.504. The third-order valence-electron chi connectivity index (χ3n) is 2.64. The smallest absolute Gasteiger partial charge is 0.338 e. The zero-order valence-corrected chi connectivity index (χ0v) is 11.1. The number of carbonyl (C=O) groups excluding carboxylic acids is 2. The van der Waals surface area contributed by atoms with Crippen LogP contribution in [0.5, 0.6) is 11.5 Å². The number of esters is 1. The molecule has 0 amide bonds. The molecular weight excluding hydrogens is 268 g/mol. The first kappa shape index (κ1) is 15.9. The Hall–Kier alpha value is -2.12. The Morgan fingerprint density at radius 2 is 2.05 bits per heavy atom. The summed E-state index contributed by atoms with van der Waals surface area (Å²) in [6.07, 6.45) is -3.05. The Labute approximate surface area is 115 Å². The van der Waals surface area contributed by atoms with E-state index < -0.39 is 18.2 Å². The van der Waals surface area contributed by atoms with Gasteiger partial charge in [-0.05, 0) is 24.6 Å². The van der Waals surface area contributed by atoms with Crippen molar-refractivity contribution in [2.45, 2.75) is 19.1 Å². The topological polar surface area (TPSA) is 113 Å². The van der Waals surface area contributed by atoms with Gasteiger partial charge in [0.1, 0.15) is 6.10 Å². The molecule has 0 bridgehead atoms. The van der Waals surface area contributed by atoms with Gasteiger partial charge in [0.05, 0.1) is 19.3 Å². The molecule has 1 rings (SSSR count). The molecule has 7 nitrogen and oxygen atoms in total. The molecule has 1 aromatic carbocycles. The summed E-state index contributed by atoms with van der Waals surface area (Å²) in [5, 5.41) is 29.2. The predicted molar refractivity (Wildman–Crippen MR) is 67.6 cm³/mol. The first-order valence-corrected chi connectivity index (χ1v) is 5.85. The highest BCUT2D eigenvalue weighted by Crippen LogP contribution is 2.33. The van der Waals surface area contributed by atoms with Gasteiger partial charge >= 0.3 is 5.97 Å². The molecule has 3 N–H and O–H groups in total. The maximum absolute atomic E-state index is 11.4. The zero-order chi connectivity index (χ0) is 15.3. The summed E-state index contributed by atoms with van der Waals surface area (Å²) in [6.45, 7) is 1.62. The van der Waals surface area contributed by atoms with E-state index in [9.17, 15) is 24.9 Å². The highest BCUT2D eigenvalue weighted by molar-refractivity contribution is 5.82. The van der Waals surface area contributed by atoms with Crippen LogP contribution in [0, 0.1) is 0 Å². The summed E-state index contributed by atoms with van der Waals surface area (Å²) in [7, 11) is 1.27. The van der Waals surface area contributed by atoms with Crippen molar-refractivity contribution in [1.82, 2.24) is 0 Å². The number of aromatic hydroxyl groups is 1. The largest absolute Gasteiger partial charge is 0.504 e. The first-order valence-electron chi connectivity index (χ1n) is 5.85. The van der Waals surface area contributed by atoms with Crippen LogP contribution in [0.25, 0.3) is 0 Å². The molecule has 0 aliphatic heterocycles. The Bertz CT molecular complexity index is 498. The van der Waals surface area contributed by atoms with Crippen LogP contribution in [0.2, 0.25) is 0 Å². The lowest BCUT2D eigenvalue weighted by Crippen LogP contribution is -2.30. The number of methoxy groups -OCH3 is 1. The van der Waals surface area contributed by atoms with E-state index in [2.05, 4.69) is 4.74 Å². The molecule has 20 heavy (non-hydrogen) atoms. The maximum atomic E-state index is 11.4. The highest BCUT2D eigenvalue weighted by atomic mass is 16.5. The highest BCUT2D eigenvalue weighted by Gasteiger charge is 2.28. The molecule has 1 aromatic rings. The maximum Gasteiger partial charge on any atom is 0.338 e. The number of hydrogen-bond donors (Lipinski definition) is 3. The van der Waals surface area contributed by atoms with E-state index in [1.807, 2.05) is 0 Å². The van der Waals surface area contributed by atoms with Crippen molar-refractivity contribution in [3.63, 3.8) is 0 Å². The Morgan fingerprint density at radius 3 is 2.55 bits per heavy atom. The second-order valence-corrected chi connectivity index (χ2v) is 3.92. The van der Waals surface area contributed by atoms with E-state index >= 15 is 0 Å². The summed E-state index contributed by atoms with van der Waals surface area (Å²) >= 11 is 0. The average molecular weight is 284 g/mol. The Morgan fingerprint density at radius 1 is 1.40 bits per heavy atom. The molecule has 0 saturated carbocycles. The Kier molecular flexibility index (Phi) is 5.48. The predicted octanol–water partition coefficient (Wildman–Crippen LogP) is 0.171. The van der Waals surface area contributed by atoms with Gasteiger partial charge < -0.3 is 24.8 Å². The Balaban J connectivity index is 3.12. The monoisotopic (exact) mass is 284 g/mol. The zero-order valence-electron chi connectivity index (χ0n) is 11.1. The van der Waals surface area contributed by atoms with E-state index in [-0.39, 0.29) is 29.2 Å². The lowest BCUT2D eigenvalue weighted by Gasteiger charge is -2.18. The number of carbonyl (C=O) groups is 2. The lowest BCUT2D eigenvalue weighted by atomic mass is 10.0. The third-order valence-corrected chi connectivity index (χ3v) is 2.64. The summed E-state index contributed by atoms with van der Waals surface area (Å²) < 4.78 is 9.43. The van der Waals surface area contributed by atoms with Crippen molar-refractivity contribution in [3.05, 3.63) is 23.3 Å². The molecule has 110 valence electrons. The van der Waals surface area contributed by atoms with Crippen LogP contribution in [-0.2, 0) is 9.53 Å². The van der Waals surface area contributed by atoms with Crippen molar-refractivity contribution in [2.75, 3.05) is 13.7 Å². The number of aliphatic hydroxyl groups is 2. The number of rotatable bonds is 6. The van der Waals surface area contributed by atoms with Crippen LogP contribution >= 0.6 is 0 Å². The minimum atomic E-state index is -1.80. The molecule has 2 unspecified atom stereocenters. The molecular formula is C13H16O7. The minimum Gasteiger partial charge on any atom is -0.504 e. The van der Waals surface area contributed by atoms with Gasteiger partial charge in [0.15, 0.2) is 23.9 Å². The minimum absolute atomic E-state index is 0.0438. The van der Waals surface area contributed by atoms with Crippen molar-refractivity contribution in [1.29, 1.82) is 0 Å². The van der Waals surface area contributed by atoms with Crippen LogP contribution < -0.4 is 4.74 Å². The summed E-state index contributed by atoms with van der Waals surface area (Å²) in [6, 6.07) is 2.37. The second-order valence-electron chi connectivity index (χ2n) is 3.92. The molecule has 0 spiro atoms. The molecule has 0 aromatic heterocycles. The molecule has 0 radical (unpaired) electrons. The van der Waals surface area contributed by atoms with Gasteiger partial charge in [-0.15, -0.1) is 0 Å². The molecule has 0 aliphatic carbocycles. The molecule has 2 atom stereocenters. The van der Waals surface area contributed by atoms with Crippen LogP contribution in [0.15, 0.2) is 12.1 Å². The van der Waals surface area contributed by atoms with Gasteiger partial charge in [0.25, 0.3) is 0 Å². The van der Waals surface area contributed by atoms with Gasteiger partial charge in [0.2, 0.25) is 0 Å². The van der Waals surface area contributed by atoms with Crippen molar-refractivity contribution in [2.24, 2.45) is 0 Å². The van der Waals surface area contributed by atoms with Crippen molar-refractivity contribution < 1.29 is 34.4 Å². The van der Waals surface area contributed by atoms with Gasteiger partial charge in [-0.25, -0.2) is 4.79 Å². The van der Waals surface area contributed by atoms with Gasteiger partial charge in [0, 0.05) is 0 Å². The van der Waals surface area contributed by atoms with Crippen molar-refractivity contribution >= 4 is 12.3 Å². The fourth-order valence-electron chi connectivity index (χ4n) is 1.61. The molecule has 0 saturated heterocycles. The van der Waals surface area contributed by atoms with Crippen LogP contribution in [0.4, 0.5) is 0 Å². The third kappa shape index (κ3) is 3.25.